The van der Waals surface area contributed by atoms with Crippen LogP contribution in [0.3, 0.4) is 0 Å². The third kappa shape index (κ3) is 4.27. The number of nitrogens with zero attached hydrogens (tertiary/aromatic N) is 2. The first-order valence-corrected chi connectivity index (χ1v) is 14.7. The molecule has 2 aliphatic heterocycles. The average molecular weight is 521 g/mol. The number of rotatable bonds is 5. The summed E-state index contributed by atoms with van der Waals surface area (Å²) in [6, 6.07) is 19.7. The van der Waals surface area contributed by atoms with Crippen molar-refractivity contribution in [3.63, 3.8) is 0 Å². The Morgan fingerprint density at radius 3 is 2.71 bits per heavy atom. The lowest BCUT2D eigenvalue weighted by molar-refractivity contribution is 0.579. The van der Waals surface area contributed by atoms with Gasteiger partial charge in [-0.2, -0.15) is 0 Å². The fraction of sp³-hybridized carbons (Fsp3) is 0.312. The van der Waals surface area contributed by atoms with Crippen molar-refractivity contribution in [1.29, 1.82) is 0 Å². The summed E-state index contributed by atoms with van der Waals surface area (Å²) in [5.74, 6) is 2.44. The van der Waals surface area contributed by atoms with Crippen molar-refractivity contribution in [2.45, 2.75) is 39.0 Å². The highest BCUT2D eigenvalue weighted by molar-refractivity contribution is 7.18. The topological polar surface area (TPSA) is 65.7 Å². The molecule has 2 N–H and O–H groups in total. The minimum atomic E-state index is 0.566. The van der Waals surface area contributed by atoms with Crippen LogP contribution in [-0.4, -0.2) is 36.2 Å². The van der Waals surface area contributed by atoms with Gasteiger partial charge >= 0.3 is 0 Å². The number of furan rings is 1. The van der Waals surface area contributed by atoms with Gasteiger partial charge in [0.05, 0.1) is 4.88 Å². The summed E-state index contributed by atoms with van der Waals surface area (Å²) in [6.45, 7) is 5.09. The molecule has 7 rings (SSSR count). The first-order chi connectivity index (χ1) is 18.8. The van der Waals surface area contributed by atoms with E-state index in [1.165, 1.54) is 51.9 Å². The molecule has 0 saturated carbocycles. The van der Waals surface area contributed by atoms with Gasteiger partial charge in [-0.3, -0.25) is 9.98 Å². The second-order valence-electron chi connectivity index (χ2n) is 10.4. The third-order valence-electron chi connectivity index (χ3n) is 7.90. The third-order valence-corrected chi connectivity index (χ3v) is 9.04. The van der Waals surface area contributed by atoms with Gasteiger partial charge in [0.1, 0.15) is 17.2 Å². The minimum absolute atomic E-state index is 0.566. The first kappa shape index (κ1) is 23.5. The number of thiophene rings is 1. The van der Waals surface area contributed by atoms with Crippen LogP contribution >= 0.6 is 11.3 Å². The highest BCUT2D eigenvalue weighted by Crippen LogP contribution is 2.40. The Balaban J connectivity index is 1.18. The molecule has 5 heterocycles. The Morgan fingerprint density at radius 1 is 0.921 bits per heavy atom. The molecule has 1 atom stereocenters. The Kier molecular flexibility index (Phi) is 6.12. The van der Waals surface area contributed by atoms with E-state index in [0.717, 1.165) is 65.5 Å². The highest BCUT2D eigenvalue weighted by atomic mass is 32.1. The van der Waals surface area contributed by atoms with Crippen molar-refractivity contribution in [2.75, 3.05) is 19.6 Å². The molecule has 3 aromatic heterocycles. The van der Waals surface area contributed by atoms with E-state index in [9.17, 15) is 0 Å². The predicted molar refractivity (Wildman–Crippen MR) is 160 cm³/mol. The van der Waals surface area contributed by atoms with Gasteiger partial charge in [0.2, 0.25) is 0 Å². The quantitative estimate of drug-likeness (QED) is 0.246. The molecule has 2 aliphatic rings. The lowest BCUT2D eigenvalue weighted by Crippen LogP contribution is -2.30. The molecule has 38 heavy (non-hydrogen) atoms. The van der Waals surface area contributed by atoms with Crippen LogP contribution in [0.15, 0.2) is 75.2 Å². The Morgan fingerprint density at radius 2 is 1.82 bits per heavy atom. The molecule has 2 aromatic carbocycles. The van der Waals surface area contributed by atoms with Gasteiger partial charge in [0.25, 0.3) is 0 Å². The van der Waals surface area contributed by atoms with Crippen molar-refractivity contribution in [1.82, 2.24) is 10.3 Å². The Labute approximate surface area is 226 Å². The lowest BCUT2D eigenvalue weighted by Gasteiger charge is -2.16. The molecular formula is C32H32N4OS. The largest absolute Gasteiger partial charge is 0.455 e. The molecule has 0 radical (unpaired) electrons. The number of hydrogen-bond acceptors (Lipinski definition) is 5. The molecule has 0 bridgehead atoms. The fourth-order valence-corrected chi connectivity index (χ4v) is 6.81. The van der Waals surface area contributed by atoms with Gasteiger partial charge in [0.15, 0.2) is 0 Å². The van der Waals surface area contributed by atoms with E-state index in [2.05, 4.69) is 83.0 Å². The molecule has 0 saturated heterocycles. The van der Waals surface area contributed by atoms with Crippen LogP contribution in [-0.2, 0) is 0 Å². The van der Waals surface area contributed by atoms with E-state index < -0.39 is 0 Å². The molecule has 5 aromatic rings. The van der Waals surface area contributed by atoms with Crippen LogP contribution in [0.5, 0.6) is 0 Å². The summed E-state index contributed by atoms with van der Waals surface area (Å²) in [5.41, 5.74) is 6.95. The van der Waals surface area contributed by atoms with Gasteiger partial charge < -0.3 is 14.7 Å². The van der Waals surface area contributed by atoms with Crippen molar-refractivity contribution in [3.8, 4) is 21.1 Å². The van der Waals surface area contributed by atoms with E-state index >= 15 is 0 Å². The summed E-state index contributed by atoms with van der Waals surface area (Å²) in [5, 5.41) is 5.76. The second kappa shape index (κ2) is 9.91. The van der Waals surface area contributed by atoms with Gasteiger partial charge in [-0.1, -0.05) is 37.6 Å². The first-order valence-electron chi connectivity index (χ1n) is 13.9. The van der Waals surface area contributed by atoms with Gasteiger partial charge in [-0.05, 0) is 61.6 Å². The maximum atomic E-state index is 6.32. The smallest absolute Gasteiger partial charge is 0.145 e. The molecular weight excluding hydrogens is 488 g/mol. The lowest BCUT2D eigenvalue weighted by atomic mass is 9.90. The maximum absolute atomic E-state index is 6.32. The molecule has 0 aliphatic carbocycles. The Hall–Kier alpha value is -3.64. The van der Waals surface area contributed by atoms with Crippen molar-refractivity contribution < 1.29 is 4.42 Å². The molecule has 192 valence electrons. The number of amidine groups is 1. The zero-order valence-corrected chi connectivity index (χ0v) is 22.5. The van der Waals surface area contributed by atoms with Crippen LogP contribution in [0.1, 0.15) is 50.2 Å². The number of benzene rings is 2. The standard InChI is InChI=1S/C32H32N4OS/c1-2-20-6-3-4-13-33-31(20)22-9-10-24-25(19-36-26(24)16-22)29-11-12-30(38-29)28-17-21-7-8-23(18-27(21)37-28)32-34-14-5-15-35-32/h7-12,16-20,36H,2-6,13-15H2,1H3,(H,34,35). The van der Waals surface area contributed by atoms with E-state index in [0.29, 0.717) is 5.92 Å². The maximum Gasteiger partial charge on any atom is 0.145 e. The fourth-order valence-electron chi connectivity index (χ4n) is 5.82. The monoisotopic (exact) mass is 520 g/mol. The minimum Gasteiger partial charge on any atom is -0.455 e. The van der Waals surface area contributed by atoms with Gasteiger partial charge in [-0.25, -0.2) is 0 Å². The van der Waals surface area contributed by atoms with E-state index in [1.807, 2.05) is 0 Å². The summed E-state index contributed by atoms with van der Waals surface area (Å²) in [7, 11) is 0. The van der Waals surface area contributed by atoms with Crippen molar-refractivity contribution >= 4 is 44.8 Å². The normalized spacial score (nSPS) is 18.3. The average Bonchev–Trinajstić information content (AvgIpc) is 3.67. The zero-order valence-electron chi connectivity index (χ0n) is 21.7. The number of aliphatic imine (C=N–C) groups is 2. The zero-order chi connectivity index (χ0) is 25.5. The number of aromatic amines is 1. The number of fused-ring (bicyclic) bond motifs is 2. The van der Waals surface area contributed by atoms with Crippen LogP contribution < -0.4 is 5.32 Å². The van der Waals surface area contributed by atoms with E-state index in [1.54, 1.807) is 11.3 Å². The summed E-state index contributed by atoms with van der Waals surface area (Å²) < 4.78 is 6.32. The highest BCUT2D eigenvalue weighted by Gasteiger charge is 2.20. The molecule has 0 fully saturated rings. The van der Waals surface area contributed by atoms with Gasteiger partial charge in [-0.15, -0.1) is 11.3 Å². The van der Waals surface area contributed by atoms with E-state index in [4.69, 9.17) is 9.41 Å². The van der Waals surface area contributed by atoms with Crippen molar-refractivity contribution in [3.05, 3.63) is 71.9 Å². The SMILES string of the molecule is CCC1CCCCN=C1c1ccc2c(-c3ccc(-c4cc5ccc(C6=NCCCN6)cc5o4)s3)c[nH]c2c1. The number of H-pyrrole nitrogens is 1. The molecule has 6 heteroatoms. The van der Waals surface area contributed by atoms with Crippen LogP contribution in [0.2, 0.25) is 0 Å². The van der Waals surface area contributed by atoms with Crippen molar-refractivity contribution in [2.24, 2.45) is 15.9 Å². The summed E-state index contributed by atoms with van der Waals surface area (Å²) in [6.07, 6.45) is 8.10. The number of aromatic nitrogens is 1. The molecule has 0 spiro atoms. The van der Waals surface area contributed by atoms with Crippen LogP contribution in [0.25, 0.3) is 43.0 Å². The van der Waals surface area contributed by atoms with Gasteiger partial charge in [0, 0.05) is 69.8 Å². The Bertz CT molecular complexity index is 1680. The summed E-state index contributed by atoms with van der Waals surface area (Å²) in [4.78, 5) is 15.5. The summed E-state index contributed by atoms with van der Waals surface area (Å²) >= 11 is 1.77. The molecule has 0 amide bonds. The number of hydrogen-bond donors (Lipinski definition) is 2. The predicted octanol–water partition coefficient (Wildman–Crippen LogP) is 8.05. The molecule has 5 nitrogen and oxygen atoms in total. The van der Waals surface area contributed by atoms with Crippen LogP contribution in [0.4, 0.5) is 0 Å². The molecule has 1 unspecified atom stereocenters. The van der Waals surface area contributed by atoms with Crippen LogP contribution in [0, 0.1) is 5.92 Å². The van der Waals surface area contributed by atoms with E-state index in [-0.39, 0.29) is 0 Å². The second-order valence-corrected chi connectivity index (χ2v) is 11.5. The number of nitrogens with one attached hydrogen (secondary N) is 2.